The minimum absolute atomic E-state index is 0.0645. The van der Waals surface area contributed by atoms with Crippen molar-refractivity contribution in [1.29, 1.82) is 0 Å². The highest BCUT2D eigenvalue weighted by molar-refractivity contribution is 5.78. The Balaban J connectivity index is 1.60. The van der Waals surface area contributed by atoms with E-state index in [1.54, 1.807) is 0 Å². The summed E-state index contributed by atoms with van der Waals surface area (Å²) in [6.45, 7) is 6.18. The molecule has 0 aromatic carbocycles. The number of carbonyl (C=O) groups excluding carboxylic acids is 2. The van der Waals surface area contributed by atoms with Crippen molar-refractivity contribution in [3.05, 3.63) is 0 Å². The van der Waals surface area contributed by atoms with Crippen LogP contribution in [0.15, 0.2) is 0 Å². The number of nitrogens with one attached hydrogen (secondary N) is 2. The normalized spacial score (nSPS) is 20.2. The van der Waals surface area contributed by atoms with E-state index in [1.165, 1.54) is 12.8 Å². The van der Waals surface area contributed by atoms with Gasteiger partial charge in [-0.15, -0.1) is 0 Å². The molecule has 1 heterocycles. The van der Waals surface area contributed by atoms with Gasteiger partial charge in [0, 0.05) is 44.1 Å². The summed E-state index contributed by atoms with van der Waals surface area (Å²) in [4.78, 5) is 25.6. The highest BCUT2D eigenvalue weighted by Gasteiger charge is 2.25. The number of amides is 2. The van der Waals surface area contributed by atoms with Crippen molar-refractivity contribution in [1.82, 2.24) is 15.5 Å². The second kappa shape index (κ2) is 7.07. The Morgan fingerprint density at radius 2 is 1.75 bits per heavy atom. The summed E-state index contributed by atoms with van der Waals surface area (Å²) in [5.41, 5.74) is 0. The van der Waals surface area contributed by atoms with Gasteiger partial charge < -0.3 is 15.5 Å². The summed E-state index contributed by atoms with van der Waals surface area (Å²) in [7, 11) is 0. The first kappa shape index (κ1) is 15.3. The first-order valence-electron chi connectivity index (χ1n) is 7.88. The molecule has 2 rings (SSSR count). The van der Waals surface area contributed by atoms with Crippen molar-refractivity contribution in [2.75, 3.05) is 19.6 Å². The first-order chi connectivity index (χ1) is 9.56. The molecule has 5 nitrogen and oxygen atoms in total. The molecule has 0 radical (unpaired) electrons. The van der Waals surface area contributed by atoms with Crippen LogP contribution >= 0.6 is 0 Å². The van der Waals surface area contributed by atoms with Crippen LogP contribution in [0.4, 0.5) is 0 Å². The van der Waals surface area contributed by atoms with Crippen LogP contribution in [0.3, 0.4) is 0 Å². The monoisotopic (exact) mass is 281 g/mol. The van der Waals surface area contributed by atoms with Gasteiger partial charge >= 0.3 is 0 Å². The number of carbonyl (C=O) groups is 2. The summed E-state index contributed by atoms with van der Waals surface area (Å²) in [6, 6.07) is 0.896. The molecule has 0 unspecified atom stereocenters. The largest absolute Gasteiger partial charge is 0.353 e. The van der Waals surface area contributed by atoms with Gasteiger partial charge in [0.15, 0.2) is 0 Å². The zero-order chi connectivity index (χ0) is 14.5. The molecule has 5 heteroatoms. The van der Waals surface area contributed by atoms with E-state index < -0.39 is 0 Å². The summed E-state index contributed by atoms with van der Waals surface area (Å²) in [5, 5.41) is 6.43. The quantitative estimate of drug-likeness (QED) is 0.760. The second-order valence-corrected chi connectivity index (χ2v) is 6.30. The van der Waals surface area contributed by atoms with Crippen molar-refractivity contribution in [2.24, 2.45) is 5.92 Å². The van der Waals surface area contributed by atoms with Gasteiger partial charge in [-0.3, -0.25) is 9.59 Å². The van der Waals surface area contributed by atoms with E-state index in [-0.39, 0.29) is 23.8 Å². The number of nitrogens with zero attached hydrogens (tertiary/aromatic N) is 1. The lowest BCUT2D eigenvalue weighted by atomic mass is 10.0. The Morgan fingerprint density at radius 1 is 1.10 bits per heavy atom. The molecular weight excluding hydrogens is 254 g/mol. The van der Waals surface area contributed by atoms with Crippen LogP contribution in [0.25, 0.3) is 0 Å². The lowest BCUT2D eigenvalue weighted by molar-refractivity contribution is -0.135. The molecule has 1 aliphatic carbocycles. The molecule has 0 spiro atoms. The fraction of sp³-hybridized carbons (Fsp3) is 0.867. The lowest BCUT2D eigenvalue weighted by Crippen LogP contribution is -2.47. The molecule has 20 heavy (non-hydrogen) atoms. The van der Waals surface area contributed by atoms with Gasteiger partial charge in [-0.25, -0.2) is 0 Å². The van der Waals surface area contributed by atoms with E-state index in [0.717, 1.165) is 32.5 Å². The molecule has 0 aromatic heterocycles. The molecule has 0 aromatic rings. The zero-order valence-electron chi connectivity index (χ0n) is 12.7. The Hall–Kier alpha value is -1.10. The van der Waals surface area contributed by atoms with Crippen LogP contribution in [-0.4, -0.2) is 48.4 Å². The third-order valence-corrected chi connectivity index (χ3v) is 4.03. The lowest BCUT2D eigenvalue weighted by Gasteiger charge is -2.33. The van der Waals surface area contributed by atoms with Crippen molar-refractivity contribution < 1.29 is 9.59 Å². The van der Waals surface area contributed by atoms with Crippen molar-refractivity contribution in [3.8, 4) is 0 Å². The number of hydrogen-bond acceptors (Lipinski definition) is 3. The van der Waals surface area contributed by atoms with Gasteiger partial charge in [0.2, 0.25) is 11.8 Å². The van der Waals surface area contributed by atoms with Crippen LogP contribution in [0.1, 0.15) is 46.0 Å². The first-order valence-corrected chi connectivity index (χ1v) is 7.88. The van der Waals surface area contributed by atoms with Crippen LogP contribution in [0, 0.1) is 5.92 Å². The minimum Gasteiger partial charge on any atom is -0.353 e. The molecule has 114 valence electrons. The molecule has 0 bridgehead atoms. The Kier molecular flexibility index (Phi) is 5.40. The fourth-order valence-electron chi connectivity index (χ4n) is 2.59. The van der Waals surface area contributed by atoms with Gasteiger partial charge in [0.1, 0.15) is 0 Å². The maximum atomic E-state index is 11.9. The van der Waals surface area contributed by atoms with Crippen LogP contribution < -0.4 is 10.6 Å². The van der Waals surface area contributed by atoms with Crippen molar-refractivity contribution >= 4 is 11.8 Å². The van der Waals surface area contributed by atoms with Crippen molar-refractivity contribution in [3.63, 3.8) is 0 Å². The van der Waals surface area contributed by atoms with Gasteiger partial charge in [0.25, 0.3) is 0 Å². The highest BCUT2D eigenvalue weighted by Crippen LogP contribution is 2.18. The summed E-state index contributed by atoms with van der Waals surface area (Å²) in [5.74, 6) is 0.421. The number of likely N-dealkylation sites (tertiary alicyclic amines) is 1. The van der Waals surface area contributed by atoms with E-state index in [9.17, 15) is 9.59 Å². The number of piperidine rings is 1. The Labute approximate surface area is 121 Å². The minimum atomic E-state index is 0.0645. The van der Waals surface area contributed by atoms with E-state index in [4.69, 9.17) is 0 Å². The van der Waals surface area contributed by atoms with E-state index in [2.05, 4.69) is 10.6 Å². The smallest absolute Gasteiger partial charge is 0.225 e. The average molecular weight is 281 g/mol. The standard InChI is InChI=1S/C15H27N3O2/c1-11(2)15(20)18-9-6-13(7-10-18)17-14(19)5-8-16-12-3-4-12/h11-13,16H,3-10H2,1-2H3,(H,17,19). The van der Waals surface area contributed by atoms with Gasteiger partial charge in [-0.2, -0.15) is 0 Å². The summed E-state index contributed by atoms with van der Waals surface area (Å²) >= 11 is 0. The molecule has 2 aliphatic rings. The Morgan fingerprint density at radius 3 is 2.30 bits per heavy atom. The molecule has 1 saturated heterocycles. The number of hydrogen-bond donors (Lipinski definition) is 2. The number of rotatable bonds is 6. The second-order valence-electron chi connectivity index (χ2n) is 6.30. The van der Waals surface area contributed by atoms with E-state index >= 15 is 0 Å². The molecule has 2 N–H and O–H groups in total. The molecule has 2 amide bonds. The third-order valence-electron chi connectivity index (χ3n) is 4.03. The van der Waals surface area contributed by atoms with Crippen LogP contribution in [-0.2, 0) is 9.59 Å². The molecular formula is C15H27N3O2. The SMILES string of the molecule is CC(C)C(=O)N1CCC(NC(=O)CCNC2CC2)CC1. The molecule has 0 atom stereocenters. The molecule has 2 fully saturated rings. The summed E-state index contributed by atoms with van der Waals surface area (Å²) < 4.78 is 0. The molecule has 1 saturated carbocycles. The third kappa shape index (κ3) is 4.78. The fourth-order valence-corrected chi connectivity index (χ4v) is 2.59. The van der Waals surface area contributed by atoms with Gasteiger partial charge in [-0.05, 0) is 25.7 Å². The van der Waals surface area contributed by atoms with E-state index in [0.29, 0.717) is 12.5 Å². The maximum absolute atomic E-state index is 11.9. The summed E-state index contributed by atoms with van der Waals surface area (Å²) in [6.07, 6.45) is 4.82. The predicted molar refractivity (Wildman–Crippen MR) is 78.2 cm³/mol. The topological polar surface area (TPSA) is 61.4 Å². The van der Waals surface area contributed by atoms with Gasteiger partial charge in [0.05, 0.1) is 0 Å². The zero-order valence-corrected chi connectivity index (χ0v) is 12.7. The highest BCUT2D eigenvalue weighted by atomic mass is 16.2. The predicted octanol–water partition coefficient (Wildman–Crippen LogP) is 0.892. The van der Waals surface area contributed by atoms with Crippen LogP contribution in [0.5, 0.6) is 0 Å². The Bertz CT molecular complexity index is 345. The maximum Gasteiger partial charge on any atom is 0.225 e. The van der Waals surface area contributed by atoms with Crippen LogP contribution in [0.2, 0.25) is 0 Å². The molecule has 1 aliphatic heterocycles. The van der Waals surface area contributed by atoms with Gasteiger partial charge in [-0.1, -0.05) is 13.8 Å². The van der Waals surface area contributed by atoms with Crippen molar-refractivity contribution in [2.45, 2.75) is 58.0 Å². The van der Waals surface area contributed by atoms with E-state index in [1.807, 2.05) is 18.7 Å². The average Bonchev–Trinajstić information content (AvgIpc) is 3.23.